The lowest BCUT2D eigenvalue weighted by Crippen LogP contribution is -2.45. The molecule has 0 aliphatic carbocycles. The van der Waals surface area contributed by atoms with Crippen molar-refractivity contribution in [1.29, 1.82) is 0 Å². The van der Waals surface area contributed by atoms with Crippen molar-refractivity contribution >= 4 is 11.8 Å². The minimum atomic E-state index is -4.06. The fraction of sp³-hybridized carbons (Fsp3) is 1.00. The third kappa shape index (κ3) is 9.08. The maximum atomic E-state index is 12.3. The molecule has 0 saturated carbocycles. The third-order valence-electron chi connectivity index (χ3n) is 3.70. The van der Waals surface area contributed by atoms with E-state index in [1.807, 2.05) is 11.8 Å². The maximum Gasteiger partial charge on any atom is 0.401 e. The van der Waals surface area contributed by atoms with E-state index in [4.69, 9.17) is 0 Å². The van der Waals surface area contributed by atoms with Crippen LogP contribution in [0.3, 0.4) is 0 Å². The predicted molar refractivity (Wildman–Crippen MR) is 80.4 cm³/mol. The molecule has 1 aliphatic rings. The van der Waals surface area contributed by atoms with Crippen LogP contribution in [0.2, 0.25) is 0 Å². The van der Waals surface area contributed by atoms with Gasteiger partial charge in [0, 0.05) is 6.04 Å². The average molecular weight is 312 g/mol. The summed E-state index contributed by atoms with van der Waals surface area (Å²) in [5.41, 5.74) is 0. The quantitative estimate of drug-likeness (QED) is 0.656. The molecule has 0 spiro atoms. The molecule has 0 unspecified atom stereocenters. The summed E-state index contributed by atoms with van der Waals surface area (Å²) in [6, 6.07) is 0.408. The number of alkyl halides is 3. The summed E-state index contributed by atoms with van der Waals surface area (Å²) >= 11 is 1.89. The standard InChI is InChI=1S/C14H27F3N2S/c1-20-11-5-3-2-4-8-18-13-6-9-19(10-7-13)12-14(15,16)17/h13,18H,2-12H2,1H3. The third-order valence-corrected chi connectivity index (χ3v) is 4.40. The summed E-state index contributed by atoms with van der Waals surface area (Å²) in [4.78, 5) is 1.51. The van der Waals surface area contributed by atoms with Crippen LogP contribution in [-0.4, -0.2) is 55.3 Å². The number of thioether (sulfide) groups is 1. The van der Waals surface area contributed by atoms with Crippen molar-refractivity contribution in [2.75, 3.05) is 38.2 Å². The summed E-state index contributed by atoms with van der Waals surface area (Å²) in [6.07, 6.45) is 4.75. The highest BCUT2D eigenvalue weighted by molar-refractivity contribution is 7.98. The fourth-order valence-corrected chi connectivity index (χ4v) is 3.07. The first kappa shape index (κ1) is 18.1. The van der Waals surface area contributed by atoms with Crippen molar-refractivity contribution in [2.45, 2.75) is 50.7 Å². The maximum absolute atomic E-state index is 12.3. The van der Waals surface area contributed by atoms with Crippen LogP contribution in [0.15, 0.2) is 0 Å². The van der Waals surface area contributed by atoms with E-state index >= 15 is 0 Å². The van der Waals surface area contributed by atoms with E-state index in [-0.39, 0.29) is 0 Å². The van der Waals surface area contributed by atoms with Crippen LogP contribution in [-0.2, 0) is 0 Å². The first-order chi connectivity index (χ1) is 9.51. The molecular weight excluding hydrogens is 285 g/mol. The van der Waals surface area contributed by atoms with Gasteiger partial charge >= 0.3 is 6.18 Å². The first-order valence-corrected chi connectivity index (χ1v) is 8.92. The Morgan fingerprint density at radius 3 is 2.35 bits per heavy atom. The van der Waals surface area contributed by atoms with Gasteiger partial charge in [-0.05, 0) is 57.3 Å². The van der Waals surface area contributed by atoms with E-state index in [2.05, 4.69) is 11.6 Å². The zero-order valence-corrected chi connectivity index (χ0v) is 13.2. The highest BCUT2D eigenvalue weighted by Gasteiger charge is 2.32. The van der Waals surface area contributed by atoms with Gasteiger partial charge in [-0.1, -0.05) is 12.8 Å². The van der Waals surface area contributed by atoms with E-state index in [0.29, 0.717) is 19.1 Å². The summed E-state index contributed by atoms with van der Waals surface area (Å²) in [6.45, 7) is 1.37. The summed E-state index contributed by atoms with van der Waals surface area (Å²) in [5, 5.41) is 3.48. The second-order valence-electron chi connectivity index (χ2n) is 5.53. The number of hydrogen-bond donors (Lipinski definition) is 1. The Kier molecular flexibility index (Phi) is 8.96. The molecule has 20 heavy (non-hydrogen) atoms. The van der Waals surface area contributed by atoms with Crippen LogP contribution < -0.4 is 5.32 Å². The van der Waals surface area contributed by atoms with Crippen LogP contribution in [0.1, 0.15) is 38.5 Å². The predicted octanol–water partition coefficient (Wildman–Crippen LogP) is 3.53. The van der Waals surface area contributed by atoms with E-state index in [0.717, 1.165) is 19.4 Å². The van der Waals surface area contributed by atoms with E-state index in [1.54, 1.807) is 0 Å². The summed E-state index contributed by atoms with van der Waals surface area (Å²) < 4.78 is 36.8. The zero-order chi connectivity index (χ0) is 14.8. The van der Waals surface area contributed by atoms with E-state index in [9.17, 15) is 13.2 Å². The number of nitrogens with zero attached hydrogens (tertiary/aromatic N) is 1. The van der Waals surface area contributed by atoms with Gasteiger partial charge in [0.15, 0.2) is 0 Å². The van der Waals surface area contributed by atoms with Crippen molar-refractivity contribution in [3.63, 3.8) is 0 Å². The first-order valence-electron chi connectivity index (χ1n) is 7.52. The molecule has 1 heterocycles. The van der Waals surface area contributed by atoms with Gasteiger partial charge in [-0.25, -0.2) is 0 Å². The van der Waals surface area contributed by atoms with Crippen LogP contribution in [0.4, 0.5) is 13.2 Å². The lowest BCUT2D eigenvalue weighted by molar-refractivity contribution is -0.148. The Morgan fingerprint density at radius 1 is 1.10 bits per heavy atom. The lowest BCUT2D eigenvalue weighted by atomic mass is 10.0. The zero-order valence-electron chi connectivity index (χ0n) is 12.3. The van der Waals surface area contributed by atoms with Gasteiger partial charge in [0.25, 0.3) is 0 Å². The molecule has 0 aromatic heterocycles. The van der Waals surface area contributed by atoms with Crippen molar-refractivity contribution in [3.05, 3.63) is 0 Å². The monoisotopic (exact) mass is 312 g/mol. The van der Waals surface area contributed by atoms with Gasteiger partial charge in [0.05, 0.1) is 6.54 Å². The average Bonchev–Trinajstić information content (AvgIpc) is 2.38. The van der Waals surface area contributed by atoms with Crippen molar-refractivity contribution in [3.8, 4) is 0 Å². The minimum absolute atomic E-state index is 0.408. The molecule has 0 amide bonds. The van der Waals surface area contributed by atoms with Gasteiger partial charge in [-0.2, -0.15) is 24.9 Å². The molecule has 120 valence electrons. The van der Waals surface area contributed by atoms with Crippen LogP contribution in [0, 0.1) is 0 Å². The van der Waals surface area contributed by atoms with Gasteiger partial charge < -0.3 is 5.32 Å². The Hall–Kier alpha value is 0.0600. The molecule has 0 aromatic rings. The minimum Gasteiger partial charge on any atom is -0.314 e. The smallest absolute Gasteiger partial charge is 0.314 e. The molecule has 1 saturated heterocycles. The SMILES string of the molecule is CSCCCCCCNC1CCN(CC(F)(F)F)CC1. The van der Waals surface area contributed by atoms with Crippen molar-refractivity contribution < 1.29 is 13.2 Å². The highest BCUT2D eigenvalue weighted by atomic mass is 32.2. The molecule has 0 radical (unpaired) electrons. The van der Waals surface area contributed by atoms with E-state index in [1.165, 1.54) is 36.3 Å². The number of rotatable bonds is 9. The molecule has 1 rings (SSSR count). The van der Waals surface area contributed by atoms with Crippen LogP contribution >= 0.6 is 11.8 Å². The van der Waals surface area contributed by atoms with Gasteiger partial charge in [-0.15, -0.1) is 0 Å². The summed E-state index contributed by atoms with van der Waals surface area (Å²) in [5.74, 6) is 1.24. The summed E-state index contributed by atoms with van der Waals surface area (Å²) in [7, 11) is 0. The number of likely N-dealkylation sites (tertiary alicyclic amines) is 1. The van der Waals surface area contributed by atoms with Gasteiger partial charge in [0.1, 0.15) is 0 Å². The molecule has 6 heteroatoms. The Bertz CT molecular complexity index is 241. The Morgan fingerprint density at radius 2 is 1.75 bits per heavy atom. The second-order valence-corrected chi connectivity index (χ2v) is 6.51. The molecule has 1 fully saturated rings. The molecule has 1 aliphatic heterocycles. The van der Waals surface area contributed by atoms with Crippen LogP contribution in [0.25, 0.3) is 0 Å². The largest absolute Gasteiger partial charge is 0.401 e. The van der Waals surface area contributed by atoms with Crippen molar-refractivity contribution in [2.24, 2.45) is 0 Å². The van der Waals surface area contributed by atoms with E-state index < -0.39 is 12.7 Å². The molecule has 1 N–H and O–H groups in total. The van der Waals surface area contributed by atoms with Crippen molar-refractivity contribution in [1.82, 2.24) is 10.2 Å². The fourth-order valence-electron chi connectivity index (χ4n) is 2.58. The topological polar surface area (TPSA) is 15.3 Å². The molecule has 2 nitrogen and oxygen atoms in total. The molecular formula is C14H27F3N2S. The van der Waals surface area contributed by atoms with Gasteiger partial charge in [0.2, 0.25) is 0 Å². The Labute approximate surface area is 124 Å². The lowest BCUT2D eigenvalue weighted by Gasteiger charge is -2.32. The molecule has 0 bridgehead atoms. The highest BCUT2D eigenvalue weighted by Crippen LogP contribution is 2.19. The number of unbranched alkanes of at least 4 members (excludes halogenated alkanes) is 3. The number of piperidine rings is 1. The number of halogens is 3. The van der Waals surface area contributed by atoms with Gasteiger partial charge in [-0.3, -0.25) is 4.90 Å². The normalized spacial score (nSPS) is 18.6. The Balaban J connectivity index is 1.97. The number of nitrogens with one attached hydrogen (secondary N) is 1. The molecule has 0 aromatic carbocycles. The van der Waals surface area contributed by atoms with Crippen LogP contribution in [0.5, 0.6) is 0 Å². The second kappa shape index (κ2) is 9.90. The number of hydrogen-bond acceptors (Lipinski definition) is 3. The molecule has 0 atom stereocenters.